The summed E-state index contributed by atoms with van der Waals surface area (Å²) in [6.07, 6.45) is 8.26. The van der Waals surface area contributed by atoms with Gasteiger partial charge in [0.25, 0.3) is 0 Å². The maximum atomic E-state index is 12.2. The topological polar surface area (TPSA) is 74.0 Å². The summed E-state index contributed by atoms with van der Waals surface area (Å²) in [5.41, 5.74) is 0.920. The highest BCUT2D eigenvalue weighted by molar-refractivity contribution is 8.00. The largest absolute Gasteiger partial charge is 0.363 e. The van der Waals surface area contributed by atoms with Gasteiger partial charge in [-0.3, -0.25) is 0 Å². The molecule has 1 heterocycles. The van der Waals surface area contributed by atoms with E-state index in [4.69, 9.17) is 0 Å². The normalized spacial score (nSPS) is 21.1. The Bertz CT molecular complexity index is 574. The quantitative estimate of drug-likeness (QED) is 0.679. The van der Waals surface area contributed by atoms with E-state index in [0.717, 1.165) is 18.5 Å². The first kappa shape index (κ1) is 14.4. The molecular weight excluding hydrogens is 294 g/mol. The van der Waals surface area contributed by atoms with E-state index < -0.39 is 10.0 Å². The van der Waals surface area contributed by atoms with Gasteiger partial charge in [0, 0.05) is 35.8 Å². The summed E-state index contributed by atoms with van der Waals surface area (Å²) in [6, 6.07) is 2.34. The molecule has 2 aliphatic rings. The lowest BCUT2D eigenvalue weighted by molar-refractivity contribution is 0.580. The Kier molecular flexibility index (Phi) is 3.87. The summed E-state index contributed by atoms with van der Waals surface area (Å²) in [5.74, 6) is 0. The summed E-state index contributed by atoms with van der Waals surface area (Å²) >= 11 is 1.75. The Hall–Kier alpha value is -0.500. The molecule has 0 aliphatic heterocycles. The Labute approximate surface area is 124 Å². The van der Waals surface area contributed by atoms with Crippen LogP contribution in [0.3, 0.4) is 0 Å². The van der Waals surface area contributed by atoms with Crippen LogP contribution in [0, 0.1) is 0 Å². The number of rotatable bonds is 8. The molecule has 3 N–H and O–H groups in total. The molecule has 7 heteroatoms. The van der Waals surface area contributed by atoms with E-state index in [1.807, 2.05) is 6.26 Å². The van der Waals surface area contributed by atoms with Crippen molar-refractivity contribution in [3.63, 3.8) is 0 Å². The molecule has 0 radical (unpaired) electrons. The first-order valence-corrected chi connectivity index (χ1v) is 9.69. The van der Waals surface area contributed by atoms with Gasteiger partial charge in [0.1, 0.15) is 0 Å². The minimum atomic E-state index is -3.39. The summed E-state index contributed by atoms with van der Waals surface area (Å²) in [6.45, 7) is 1.23. The lowest BCUT2D eigenvalue weighted by Crippen LogP contribution is -2.31. The van der Waals surface area contributed by atoms with Crippen LogP contribution in [0.5, 0.6) is 0 Å². The first-order chi connectivity index (χ1) is 9.53. The lowest BCUT2D eigenvalue weighted by atomic mass is 10.4. The van der Waals surface area contributed by atoms with Crippen molar-refractivity contribution in [2.24, 2.45) is 0 Å². The van der Waals surface area contributed by atoms with E-state index in [0.29, 0.717) is 24.0 Å². The molecule has 112 valence electrons. The molecule has 0 saturated heterocycles. The van der Waals surface area contributed by atoms with E-state index in [-0.39, 0.29) is 4.75 Å². The molecule has 0 aromatic carbocycles. The van der Waals surface area contributed by atoms with Gasteiger partial charge in [0.05, 0.1) is 4.90 Å². The number of sulfonamides is 1. The Morgan fingerprint density at radius 3 is 2.80 bits per heavy atom. The predicted molar refractivity (Wildman–Crippen MR) is 81.3 cm³/mol. The maximum absolute atomic E-state index is 12.2. The highest BCUT2D eigenvalue weighted by Crippen LogP contribution is 2.46. The van der Waals surface area contributed by atoms with Crippen LogP contribution in [0.4, 0.5) is 0 Å². The number of nitrogens with one attached hydrogen (secondary N) is 3. The number of hydrogen-bond acceptors (Lipinski definition) is 4. The molecule has 0 atom stereocenters. The van der Waals surface area contributed by atoms with Crippen LogP contribution in [0.2, 0.25) is 0 Å². The second-order valence-electron chi connectivity index (χ2n) is 5.73. The molecule has 3 rings (SSSR count). The van der Waals surface area contributed by atoms with E-state index >= 15 is 0 Å². The number of thioether (sulfide) groups is 1. The zero-order valence-corrected chi connectivity index (χ0v) is 13.2. The van der Waals surface area contributed by atoms with E-state index in [9.17, 15) is 8.42 Å². The van der Waals surface area contributed by atoms with Crippen molar-refractivity contribution >= 4 is 21.8 Å². The minimum absolute atomic E-state index is 0.139. The fourth-order valence-corrected chi connectivity index (χ4v) is 4.08. The van der Waals surface area contributed by atoms with Crippen molar-refractivity contribution in [2.75, 3.05) is 12.8 Å². The number of H-pyrrole nitrogens is 1. The molecule has 20 heavy (non-hydrogen) atoms. The van der Waals surface area contributed by atoms with Crippen LogP contribution in [0.15, 0.2) is 17.2 Å². The van der Waals surface area contributed by atoms with Crippen LogP contribution >= 0.6 is 11.8 Å². The predicted octanol–water partition coefficient (Wildman–Crippen LogP) is 1.44. The van der Waals surface area contributed by atoms with Gasteiger partial charge >= 0.3 is 0 Å². The second-order valence-corrected chi connectivity index (χ2v) is 8.77. The third-order valence-corrected chi connectivity index (χ3v) is 6.81. The summed E-state index contributed by atoms with van der Waals surface area (Å²) < 4.78 is 27.3. The molecule has 1 aromatic heterocycles. The van der Waals surface area contributed by atoms with Crippen LogP contribution < -0.4 is 10.0 Å². The summed E-state index contributed by atoms with van der Waals surface area (Å²) in [4.78, 5) is 3.37. The van der Waals surface area contributed by atoms with Crippen LogP contribution in [-0.4, -0.2) is 37.0 Å². The van der Waals surface area contributed by atoms with Gasteiger partial charge in [0.2, 0.25) is 10.0 Å². The van der Waals surface area contributed by atoms with Crippen molar-refractivity contribution in [2.45, 2.75) is 47.9 Å². The first-order valence-electron chi connectivity index (χ1n) is 6.99. The molecule has 0 amide bonds. The van der Waals surface area contributed by atoms with Crippen LogP contribution in [0.1, 0.15) is 31.4 Å². The molecule has 1 aromatic rings. The Balaban J connectivity index is 1.58. The zero-order valence-electron chi connectivity index (χ0n) is 11.6. The zero-order chi connectivity index (χ0) is 14.2. The smallest absolute Gasteiger partial charge is 0.242 e. The molecule has 5 nitrogen and oxygen atoms in total. The molecule has 2 aliphatic carbocycles. The average molecular weight is 315 g/mol. The fourth-order valence-electron chi connectivity index (χ4n) is 2.12. The van der Waals surface area contributed by atoms with E-state index in [1.54, 1.807) is 24.0 Å². The molecule has 0 bridgehead atoms. The molecule has 0 unspecified atom stereocenters. The highest BCUT2D eigenvalue weighted by atomic mass is 32.2. The Morgan fingerprint density at radius 1 is 1.45 bits per heavy atom. The lowest BCUT2D eigenvalue weighted by Gasteiger charge is -2.12. The maximum Gasteiger partial charge on any atom is 0.242 e. The number of aromatic nitrogens is 1. The number of aromatic amines is 1. The van der Waals surface area contributed by atoms with Crippen LogP contribution in [0.25, 0.3) is 0 Å². The fraction of sp³-hybridized carbons (Fsp3) is 0.692. The van der Waals surface area contributed by atoms with Crippen molar-refractivity contribution in [3.05, 3.63) is 18.0 Å². The van der Waals surface area contributed by atoms with E-state index in [1.165, 1.54) is 12.8 Å². The van der Waals surface area contributed by atoms with Gasteiger partial charge in [-0.15, -0.1) is 0 Å². The minimum Gasteiger partial charge on any atom is -0.363 e. The molecule has 2 fully saturated rings. The standard InChI is InChI=1S/C13H21N3O2S2/c1-19-13(4-5-13)9-16-20(17,18)12-6-11(15-8-12)7-14-10-2-3-10/h6,8,10,14-16H,2-5,7,9H2,1H3. The third kappa shape index (κ3) is 3.39. The van der Waals surface area contributed by atoms with Crippen LogP contribution in [-0.2, 0) is 16.6 Å². The molecular formula is C13H21N3O2S2. The second kappa shape index (κ2) is 5.36. The third-order valence-electron chi connectivity index (χ3n) is 4.01. The summed E-state index contributed by atoms with van der Waals surface area (Å²) in [7, 11) is -3.39. The van der Waals surface area contributed by atoms with Crippen molar-refractivity contribution in [1.82, 2.24) is 15.0 Å². The average Bonchev–Trinajstić information content (AvgIpc) is 3.35. The monoisotopic (exact) mass is 315 g/mol. The molecule has 2 saturated carbocycles. The van der Waals surface area contributed by atoms with Crippen molar-refractivity contribution in [3.8, 4) is 0 Å². The Morgan fingerprint density at radius 2 is 2.20 bits per heavy atom. The highest BCUT2D eigenvalue weighted by Gasteiger charge is 2.42. The number of hydrogen-bond donors (Lipinski definition) is 3. The van der Waals surface area contributed by atoms with Gasteiger partial charge in [-0.2, -0.15) is 11.8 Å². The SMILES string of the molecule is CSC1(CNS(=O)(=O)c2c[nH]c(CNC3CC3)c2)CC1. The van der Waals surface area contributed by atoms with Gasteiger partial charge in [-0.25, -0.2) is 13.1 Å². The summed E-state index contributed by atoms with van der Waals surface area (Å²) in [5, 5.41) is 3.36. The van der Waals surface area contributed by atoms with Gasteiger partial charge in [-0.05, 0) is 38.0 Å². The van der Waals surface area contributed by atoms with Gasteiger partial charge < -0.3 is 10.3 Å². The van der Waals surface area contributed by atoms with E-state index in [2.05, 4.69) is 15.0 Å². The van der Waals surface area contributed by atoms with Crippen molar-refractivity contribution < 1.29 is 8.42 Å². The van der Waals surface area contributed by atoms with Gasteiger partial charge in [-0.1, -0.05) is 0 Å². The van der Waals surface area contributed by atoms with Crippen molar-refractivity contribution in [1.29, 1.82) is 0 Å². The molecule has 0 spiro atoms. The van der Waals surface area contributed by atoms with Gasteiger partial charge in [0.15, 0.2) is 0 Å².